The van der Waals surface area contributed by atoms with Crippen LogP contribution in [0, 0.1) is 5.82 Å². The average molecular weight is 339 g/mol. The Hall–Kier alpha value is -1.88. The number of ketones is 1. The van der Waals surface area contributed by atoms with Crippen LogP contribution in [-0.2, 0) is 0 Å². The van der Waals surface area contributed by atoms with Crippen molar-refractivity contribution in [2.45, 2.75) is 0 Å². The fraction of sp³-hybridized carbons (Fsp3) is 0.133. The van der Waals surface area contributed by atoms with Crippen LogP contribution < -0.4 is 9.47 Å². The van der Waals surface area contributed by atoms with Crippen LogP contribution in [0.2, 0.25) is 0 Å². The van der Waals surface area contributed by atoms with Crippen molar-refractivity contribution < 1.29 is 18.7 Å². The first-order chi connectivity index (χ1) is 9.61. The second-order valence-corrected chi connectivity index (χ2v) is 4.84. The zero-order valence-corrected chi connectivity index (χ0v) is 12.3. The fourth-order valence-corrected chi connectivity index (χ4v) is 1.91. The quantitative estimate of drug-likeness (QED) is 0.776. The Morgan fingerprint density at radius 2 is 2.00 bits per heavy atom. The number of halogens is 2. The minimum Gasteiger partial charge on any atom is -0.496 e. The second-order valence-electron chi connectivity index (χ2n) is 3.99. The highest BCUT2D eigenvalue weighted by Crippen LogP contribution is 2.22. The first kappa shape index (κ1) is 14.5. The molecule has 0 radical (unpaired) electrons. The highest BCUT2D eigenvalue weighted by atomic mass is 79.9. The molecule has 104 valence electrons. The predicted molar refractivity (Wildman–Crippen MR) is 76.9 cm³/mol. The number of rotatable bonds is 5. The van der Waals surface area contributed by atoms with Crippen molar-refractivity contribution in [1.29, 1.82) is 0 Å². The Kier molecular flexibility index (Phi) is 4.74. The van der Waals surface area contributed by atoms with Crippen LogP contribution in [0.25, 0.3) is 0 Å². The third kappa shape index (κ3) is 3.36. The van der Waals surface area contributed by atoms with Crippen molar-refractivity contribution in [2.24, 2.45) is 0 Å². The van der Waals surface area contributed by atoms with Gasteiger partial charge in [0.1, 0.15) is 17.3 Å². The molecule has 2 rings (SSSR count). The van der Waals surface area contributed by atoms with Crippen LogP contribution in [0.4, 0.5) is 4.39 Å². The van der Waals surface area contributed by atoms with Gasteiger partial charge in [-0.2, -0.15) is 0 Å². The van der Waals surface area contributed by atoms with Gasteiger partial charge in [-0.25, -0.2) is 4.39 Å². The zero-order chi connectivity index (χ0) is 14.5. The number of Topliss-reactive ketones (excluding diaryl/α,β-unsaturated/α-hetero) is 1. The molecule has 2 aromatic rings. The van der Waals surface area contributed by atoms with Crippen LogP contribution in [-0.4, -0.2) is 19.5 Å². The maximum Gasteiger partial charge on any atom is 0.203 e. The first-order valence-electron chi connectivity index (χ1n) is 5.86. The number of methoxy groups -OCH3 is 1. The topological polar surface area (TPSA) is 35.5 Å². The summed E-state index contributed by atoms with van der Waals surface area (Å²) in [6, 6.07) is 11.2. The monoisotopic (exact) mass is 338 g/mol. The summed E-state index contributed by atoms with van der Waals surface area (Å²) in [7, 11) is 1.50. The lowest BCUT2D eigenvalue weighted by Crippen LogP contribution is -2.12. The van der Waals surface area contributed by atoms with Crippen LogP contribution in [0.15, 0.2) is 46.9 Å². The van der Waals surface area contributed by atoms with Crippen LogP contribution >= 0.6 is 15.9 Å². The minimum atomic E-state index is -0.438. The Labute approximate surface area is 124 Å². The second kappa shape index (κ2) is 6.52. The number of para-hydroxylation sites is 1. The lowest BCUT2D eigenvalue weighted by Gasteiger charge is -2.09. The van der Waals surface area contributed by atoms with Gasteiger partial charge in [-0.3, -0.25) is 4.79 Å². The smallest absolute Gasteiger partial charge is 0.203 e. The Balaban J connectivity index is 2.06. The molecule has 0 aromatic heterocycles. The molecule has 3 nitrogen and oxygen atoms in total. The van der Waals surface area contributed by atoms with Crippen molar-refractivity contribution in [3.63, 3.8) is 0 Å². The number of benzene rings is 2. The summed E-state index contributed by atoms with van der Waals surface area (Å²) >= 11 is 3.05. The molecule has 20 heavy (non-hydrogen) atoms. The molecular weight excluding hydrogens is 327 g/mol. The van der Waals surface area contributed by atoms with Gasteiger partial charge in [-0.1, -0.05) is 12.1 Å². The fourth-order valence-electron chi connectivity index (χ4n) is 1.67. The van der Waals surface area contributed by atoms with E-state index in [2.05, 4.69) is 15.9 Å². The summed E-state index contributed by atoms with van der Waals surface area (Å²) < 4.78 is 24.1. The Bertz CT molecular complexity index is 628. The molecule has 0 spiro atoms. The summed E-state index contributed by atoms with van der Waals surface area (Å²) in [5.41, 5.74) is 0.438. The zero-order valence-electron chi connectivity index (χ0n) is 10.7. The largest absolute Gasteiger partial charge is 0.496 e. The molecular formula is C15H12BrFO3. The molecule has 0 aliphatic rings. The summed E-state index contributed by atoms with van der Waals surface area (Å²) in [5, 5.41) is 0. The molecule has 0 atom stereocenters. The van der Waals surface area contributed by atoms with E-state index in [0.717, 1.165) is 0 Å². The van der Waals surface area contributed by atoms with E-state index in [0.29, 0.717) is 21.5 Å². The van der Waals surface area contributed by atoms with E-state index in [4.69, 9.17) is 9.47 Å². The van der Waals surface area contributed by atoms with E-state index in [9.17, 15) is 9.18 Å². The van der Waals surface area contributed by atoms with Gasteiger partial charge in [0.05, 0.1) is 17.1 Å². The molecule has 5 heteroatoms. The van der Waals surface area contributed by atoms with Crippen molar-refractivity contribution in [3.05, 3.63) is 58.3 Å². The molecule has 0 aliphatic carbocycles. The number of carbonyl (C=O) groups is 1. The van der Waals surface area contributed by atoms with Crippen LogP contribution in [0.3, 0.4) is 0 Å². The van der Waals surface area contributed by atoms with Gasteiger partial charge in [0.2, 0.25) is 5.78 Å². The van der Waals surface area contributed by atoms with Crippen molar-refractivity contribution in [3.8, 4) is 11.5 Å². The van der Waals surface area contributed by atoms with E-state index < -0.39 is 5.82 Å². The van der Waals surface area contributed by atoms with Gasteiger partial charge in [-0.15, -0.1) is 0 Å². The molecule has 2 aromatic carbocycles. The summed E-state index contributed by atoms with van der Waals surface area (Å²) in [6.07, 6.45) is 0. The number of hydrogen-bond acceptors (Lipinski definition) is 3. The third-order valence-electron chi connectivity index (χ3n) is 2.67. The average Bonchev–Trinajstić information content (AvgIpc) is 2.48. The van der Waals surface area contributed by atoms with Crippen molar-refractivity contribution >= 4 is 21.7 Å². The maximum absolute atomic E-state index is 13.3. The van der Waals surface area contributed by atoms with Gasteiger partial charge >= 0.3 is 0 Å². The van der Waals surface area contributed by atoms with Gasteiger partial charge in [0.15, 0.2) is 6.61 Å². The van der Waals surface area contributed by atoms with Gasteiger partial charge in [0.25, 0.3) is 0 Å². The van der Waals surface area contributed by atoms with E-state index in [1.54, 1.807) is 30.3 Å². The number of hydrogen-bond donors (Lipinski definition) is 0. The highest BCUT2D eigenvalue weighted by Gasteiger charge is 2.12. The maximum atomic E-state index is 13.3. The predicted octanol–water partition coefficient (Wildman–Crippen LogP) is 3.86. The molecule has 0 aliphatic heterocycles. The van der Waals surface area contributed by atoms with Crippen molar-refractivity contribution in [2.75, 3.05) is 13.7 Å². The first-order valence-corrected chi connectivity index (χ1v) is 6.65. The number of carbonyl (C=O) groups excluding carboxylic acids is 1. The molecule has 0 amide bonds. The van der Waals surface area contributed by atoms with Gasteiger partial charge in [-0.05, 0) is 40.2 Å². The molecule has 0 heterocycles. The normalized spacial score (nSPS) is 10.2. The molecule has 0 fully saturated rings. The van der Waals surface area contributed by atoms with Gasteiger partial charge < -0.3 is 9.47 Å². The molecule has 0 saturated carbocycles. The summed E-state index contributed by atoms with van der Waals surface area (Å²) in [5.74, 6) is 0.120. The van der Waals surface area contributed by atoms with E-state index in [-0.39, 0.29) is 12.4 Å². The van der Waals surface area contributed by atoms with E-state index in [1.807, 2.05) is 0 Å². The standard InChI is InChI=1S/C15H12BrFO3/c1-19-15-5-3-2-4-11(15)14(18)9-20-10-6-7-12(16)13(17)8-10/h2-8H,9H2,1H3. The molecule has 0 bridgehead atoms. The Morgan fingerprint density at radius 3 is 2.70 bits per heavy atom. The minimum absolute atomic E-state index is 0.179. The van der Waals surface area contributed by atoms with E-state index >= 15 is 0 Å². The number of ether oxygens (including phenoxy) is 2. The molecule has 0 unspecified atom stereocenters. The van der Waals surface area contributed by atoms with Gasteiger partial charge in [0, 0.05) is 6.07 Å². The van der Waals surface area contributed by atoms with Crippen LogP contribution in [0.5, 0.6) is 11.5 Å². The highest BCUT2D eigenvalue weighted by molar-refractivity contribution is 9.10. The van der Waals surface area contributed by atoms with E-state index in [1.165, 1.54) is 19.2 Å². The van der Waals surface area contributed by atoms with Crippen molar-refractivity contribution in [1.82, 2.24) is 0 Å². The SMILES string of the molecule is COc1ccccc1C(=O)COc1ccc(Br)c(F)c1. The Morgan fingerprint density at radius 1 is 1.25 bits per heavy atom. The molecule has 0 saturated heterocycles. The summed E-state index contributed by atoms with van der Waals surface area (Å²) in [6.45, 7) is -0.179. The summed E-state index contributed by atoms with van der Waals surface area (Å²) in [4.78, 5) is 12.0. The lowest BCUT2D eigenvalue weighted by molar-refractivity contribution is 0.0918. The van der Waals surface area contributed by atoms with Crippen LogP contribution in [0.1, 0.15) is 10.4 Å². The third-order valence-corrected chi connectivity index (χ3v) is 3.31. The molecule has 0 N–H and O–H groups in total. The lowest BCUT2D eigenvalue weighted by atomic mass is 10.1.